The minimum Gasteiger partial charge on any atom is -0.381 e. The topological polar surface area (TPSA) is 18.5 Å². The van der Waals surface area contributed by atoms with Crippen LogP contribution in [0.2, 0.25) is 0 Å². The van der Waals surface area contributed by atoms with Crippen LogP contribution in [0.15, 0.2) is 0 Å². The van der Waals surface area contributed by atoms with E-state index in [1.807, 2.05) is 0 Å². The standard InChI is InChI=1S/C14H28O2/c1-4-9-16-12-14(5-2,11-15-6-3)10-13-7-8-13/h13H,4-12H2,1-3H3. The predicted octanol–water partition coefficient (Wildman–Crippen LogP) is 3.65. The van der Waals surface area contributed by atoms with E-state index in [1.54, 1.807) is 0 Å². The fraction of sp³-hybridized carbons (Fsp3) is 1.00. The number of hydrogen-bond donors (Lipinski definition) is 0. The molecule has 16 heavy (non-hydrogen) atoms. The summed E-state index contributed by atoms with van der Waals surface area (Å²) < 4.78 is 11.5. The van der Waals surface area contributed by atoms with Gasteiger partial charge in [0, 0.05) is 18.6 Å². The first-order chi connectivity index (χ1) is 7.76. The first-order valence-corrected chi connectivity index (χ1v) is 6.91. The minimum atomic E-state index is 0.284. The average Bonchev–Trinajstić information content (AvgIpc) is 3.10. The van der Waals surface area contributed by atoms with E-state index in [4.69, 9.17) is 9.47 Å². The van der Waals surface area contributed by atoms with Gasteiger partial charge in [0.1, 0.15) is 0 Å². The predicted molar refractivity (Wildman–Crippen MR) is 67.7 cm³/mol. The molecule has 1 unspecified atom stereocenters. The van der Waals surface area contributed by atoms with Crippen molar-refractivity contribution in [3.8, 4) is 0 Å². The van der Waals surface area contributed by atoms with Crippen LogP contribution in [0.5, 0.6) is 0 Å². The van der Waals surface area contributed by atoms with Crippen LogP contribution in [0.3, 0.4) is 0 Å². The molecule has 1 saturated carbocycles. The van der Waals surface area contributed by atoms with Gasteiger partial charge in [-0.1, -0.05) is 26.7 Å². The molecule has 0 spiro atoms. The van der Waals surface area contributed by atoms with Crippen molar-refractivity contribution >= 4 is 0 Å². The van der Waals surface area contributed by atoms with Gasteiger partial charge in [0.15, 0.2) is 0 Å². The van der Waals surface area contributed by atoms with Crippen LogP contribution in [0.1, 0.15) is 52.9 Å². The molecule has 0 aromatic carbocycles. The first-order valence-electron chi connectivity index (χ1n) is 6.91. The second-order valence-electron chi connectivity index (χ2n) is 5.19. The van der Waals surface area contributed by atoms with Gasteiger partial charge in [-0.3, -0.25) is 0 Å². The summed E-state index contributed by atoms with van der Waals surface area (Å²) in [5, 5.41) is 0. The lowest BCUT2D eigenvalue weighted by Gasteiger charge is -2.32. The molecule has 96 valence electrons. The minimum absolute atomic E-state index is 0.284. The van der Waals surface area contributed by atoms with Crippen molar-refractivity contribution in [1.29, 1.82) is 0 Å². The molecular weight excluding hydrogens is 200 g/mol. The Balaban J connectivity index is 2.40. The van der Waals surface area contributed by atoms with Crippen LogP contribution in [0.25, 0.3) is 0 Å². The van der Waals surface area contributed by atoms with Crippen LogP contribution in [-0.4, -0.2) is 26.4 Å². The Labute approximate surface area is 101 Å². The molecule has 1 aliphatic rings. The summed E-state index contributed by atoms with van der Waals surface area (Å²) in [6, 6.07) is 0. The Bertz CT molecular complexity index is 178. The Morgan fingerprint density at radius 3 is 2.25 bits per heavy atom. The lowest BCUT2D eigenvalue weighted by Crippen LogP contribution is -2.32. The van der Waals surface area contributed by atoms with Gasteiger partial charge in [-0.2, -0.15) is 0 Å². The van der Waals surface area contributed by atoms with E-state index in [-0.39, 0.29) is 5.41 Å². The van der Waals surface area contributed by atoms with E-state index in [0.29, 0.717) is 0 Å². The molecule has 2 nitrogen and oxygen atoms in total. The largest absolute Gasteiger partial charge is 0.381 e. The molecule has 0 aromatic heterocycles. The Hall–Kier alpha value is -0.0800. The van der Waals surface area contributed by atoms with Crippen LogP contribution in [0.4, 0.5) is 0 Å². The number of hydrogen-bond acceptors (Lipinski definition) is 2. The third kappa shape index (κ3) is 4.84. The molecule has 0 aromatic rings. The number of ether oxygens (including phenoxy) is 2. The smallest absolute Gasteiger partial charge is 0.0544 e. The monoisotopic (exact) mass is 228 g/mol. The molecule has 0 amide bonds. The van der Waals surface area contributed by atoms with Crippen molar-refractivity contribution in [3.05, 3.63) is 0 Å². The van der Waals surface area contributed by atoms with E-state index in [0.717, 1.165) is 38.8 Å². The normalized spacial score (nSPS) is 19.7. The van der Waals surface area contributed by atoms with Crippen molar-refractivity contribution in [2.45, 2.75) is 52.9 Å². The highest BCUT2D eigenvalue weighted by atomic mass is 16.5. The van der Waals surface area contributed by atoms with E-state index < -0.39 is 0 Å². The molecule has 0 saturated heterocycles. The Kier molecular flexibility index (Phi) is 6.37. The summed E-state index contributed by atoms with van der Waals surface area (Å²) in [5.41, 5.74) is 0.284. The fourth-order valence-corrected chi connectivity index (χ4v) is 2.19. The third-order valence-electron chi connectivity index (χ3n) is 3.54. The van der Waals surface area contributed by atoms with Crippen molar-refractivity contribution in [3.63, 3.8) is 0 Å². The van der Waals surface area contributed by atoms with E-state index in [2.05, 4.69) is 20.8 Å². The molecule has 1 rings (SSSR count). The van der Waals surface area contributed by atoms with Crippen molar-refractivity contribution in [2.24, 2.45) is 11.3 Å². The molecule has 0 heterocycles. The van der Waals surface area contributed by atoms with Crippen LogP contribution < -0.4 is 0 Å². The van der Waals surface area contributed by atoms with Gasteiger partial charge in [0.25, 0.3) is 0 Å². The number of rotatable bonds is 10. The van der Waals surface area contributed by atoms with Crippen LogP contribution in [0, 0.1) is 11.3 Å². The molecular formula is C14H28O2. The zero-order valence-corrected chi connectivity index (χ0v) is 11.3. The Morgan fingerprint density at radius 2 is 1.75 bits per heavy atom. The summed E-state index contributed by atoms with van der Waals surface area (Å²) in [4.78, 5) is 0. The summed E-state index contributed by atoms with van der Waals surface area (Å²) in [5.74, 6) is 0.950. The second-order valence-corrected chi connectivity index (χ2v) is 5.19. The molecule has 0 bridgehead atoms. The molecule has 1 atom stereocenters. The SMILES string of the molecule is CCCOCC(CC)(COCC)CC1CC1. The maximum atomic E-state index is 5.78. The second kappa shape index (κ2) is 7.29. The summed E-state index contributed by atoms with van der Waals surface area (Å²) in [7, 11) is 0. The van der Waals surface area contributed by atoms with Crippen LogP contribution >= 0.6 is 0 Å². The van der Waals surface area contributed by atoms with Gasteiger partial charge in [0.05, 0.1) is 13.2 Å². The maximum absolute atomic E-state index is 5.78. The maximum Gasteiger partial charge on any atom is 0.0544 e. The lowest BCUT2D eigenvalue weighted by atomic mass is 9.81. The molecule has 2 heteroatoms. The molecule has 1 aliphatic carbocycles. The first kappa shape index (κ1) is 14.0. The summed E-state index contributed by atoms with van der Waals surface area (Å²) >= 11 is 0. The summed E-state index contributed by atoms with van der Waals surface area (Å²) in [6.07, 6.45) is 6.42. The molecule has 0 radical (unpaired) electrons. The highest BCUT2D eigenvalue weighted by Gasteiger charge is 2.36. The average molecular weight is 228 g/mol. The van der Waals surface area contributed by atoms with Gasteiger partial charge in [-0.15, -0.1) is 0 Å². The van der Waals surface area contributed by atoms with Gasteiger partial charge >= 0.3 is 0 Å². The zero-order chi connectivity index (χ0) is 11.9. The van der Waals surface area contributed by atoms with Gasteiger partial charge in [-0.05, 0) is 32.1 Å². The van der Waals surface area contributed by atoms with Crippen molar-refractivity contribution < 1.29 is 9.47 Å². The molecule has 0 N–H and O–H groups in total. The van der Waals surface area contributed by atoms with Gasteiger partial charge < -0.3 is 9.47 Å². The van der Waals surface area contributed by atoms with E-state index >= 15 is 0 Å². The fourth-order valence-electron chi connectivity index (χ4n) is 2.19. The van der Waals surface area contributed by atoms with E-state index in [1.165, 1.54) is 25.7 Å². The van der Waals surface area contributed by atoms with Gasteiger partial charge in [-0.25, -0.2) is 0 Å². The highest BCUT2D eigenvalue weighted by molar-refractivity contribution is 4.86. The highest BCUT2D eigenvalue weighted by Crippen LogP contribution is 2.42. The summed E-state index contributed by atoms with van der Waals surface area (Å²) in [6.45, 7) is 9.98. The third-order valence-corrected chi connectivity index (χ3v) is 3.54. The van der Waals surface area contributed by atoms with Crippen molar-refractivity contribution in [1.82, 2.24) is 0 Å². The molecule has 1 fully saturated rings. The Morgan fingerprint density at radius 1 is 1.06 bits per heavy atom. The van der Waals surface area contributed by atoms with Crippen molar-refractivity contribution in [2.75, 3.05) is 26.4 Å². The van der Waals surface area contributed by atoms with Gasteiger partial charge in [0.2, 0.25) is 0 Å². The zero-order valence-electron chi connectivity index (χ0n) is 11.3. The van der Waals surface area contributed by atoms with E-state index in [9.17, 15) is 0 Å². The van der Waals surface area contributed by atoms with Crippen LogP contribution in [-0.2, 0) is 9.47 Å². The lowest BCUT2D eigenvalue weighted by molar-refractivity contribution is -0.0297. The quantitative estimate of drug-likeness (QED) is 0.531. The molecule has 0 aliphatic heterocycles.